The zero-order chi connectivity index (χ0) is 9.23. The largest absolute Gasteiger partial charge is 0.497 e. The fraction of sp³-hybridized carbons (Fsp3) is 0.444. The minimum atomic E-state index is -0.377. The van der Waals surface area contributed by atoms with Crippen LogP contribution in [0.3, 0.4) is 0 Å². The molecule has 68 valence electrons. The number of ether oxygens (including phenoxy) is 2. The Balaban J connectivity index is 3.41. The van der Waals surface area contributed by atoms with Crippen molar-refractivity contribution in [2.75, 3.05) is 13.2 Å². The summed E-state index contributed by atoms with van der Waals surface area (Å²) in [6.07, 6.45) is 6.30. The predicted octanol–water partition coefficient (Wildman–Crippen LogP) is 1.66. The Labute approximate surface area is 72.7 Å². The van der Waals surface area contributed by atoms with Gasteiger partial charge in [0.25, 0.3) is 0 Å². The molecule has 0 spiro atoms. The maximum Gasteiger partial charge on any atom is 0.333 e. The van der Waals surface area contributed by atoms with Gasteiger partial charge in [-0.2, -0.15) is 0 Å². The van der Waals surface area contributed by atoms with E-state index in [0.29, 0.717) is 13.2 Å². The molecule has 0 saturated heterocycles. The van der Waals surface area contributed by atoms with E-state index in [1.165, 1.54) is 12.3 Å². The van der Waals surface area contributed by atoms with Crippen LogP contribution in [0, 0.1) is 0 Å². The summed E-state index contributed by atoms with van der Waals surface area (Å²) in [5, 5.41) is 0. The lowest BCUT2D eigenvalue weighted by molar-refractivity contribution is -0.137. The third kappa shape index (κ3) is 6.86. The summed E-state index contributed by atoms with van der Waals surface area (Å²) in [5.41, 5.74) is 0. The molecule has 0 aromatic heterocycles. The molecule has 0 rings (SSSR count). The molecule has 0 aliphatic carbocycles. The van der Waals surface area contributed by atoms with Gasteiger partial charge >= 0.3 is 5.97 Å². The highest BCUT2D eigenvalue weighted by Gasteiger charge is 1.91. The molecule has 0 saturated carbocycles. The van der Waals surface area contributed by atoms with Crippen LogP contribution in [0.15, 0.2) is 24.5 Å². The summed E-state index contributed by atoms with van der Waals surface area (Å²) in [6, 6.07) is 0. The van der Waals surface area contributed by atoms with Crippen molar-refractivity contribution in [3.63, 3.8) is 0 Å². The Morgan fingerprint density at radius 3 is 2.83 bits per heavy atom. The van der Waals surface area contributed by atoms with Crippen molar-refractivity contribution in [1.29, 1.82) is 0 Å². The first-order chi connectivity index (χ1) is 5.81. The van der Waals surface area contributed by atoms with Crippen LogP contribution in [0.2, 0.25) is 0 Å². The zero-order valence-electron chi connectivity index (χ0n) is 7.45. The van der Waals surface area contributed by atoms with E-state index >= 15 is 0 Å². The lowest BCUT2D eigenvalue weighted by Gasteiger charge is -1.95. The maximum absolute atomic E-state index is 10.7. The van der Waals surface area contributed by atoms with Gasteiger partial charge < -0.3 is 9.47 Å². The fourth-order valence-corrected chi connectivity index (χ4v) is 0.501. The van der Waals surface area contributed by atoms with Gasteiger partial charge in [-0.25, -0.2) is 4.79 Å². The van der Waals surface area contributed by atoms with Crippen LogP contribution in [0.25, 0.3) is 0 Å². The minimum Gasteiger partial charge on any atom is -0.497 e. The molecule has 0 N–H and O–H groups in total. The summed E-state index contributed by atoms with van der Waals surface area (Å²) in [4.78, 5) is 10.7. The van der Waals surface area contributed by atoms with Gasteiger partial charge in [-0.1, -0.05) is 12.2 Å². The highest BCUT2D eigenvalue weighted by Crippen LogP contribution is 1.83. The fourth-order valence-electron chi connectivity index (χ4n) is 0.501. The molecule has 12 heavy (non-hydrogen) atoms. The van der Waals surface area contributed by atoms with Gasteiger partial charge in [0.05, 0.1) is 18.9 Å². The van der Waals surface area contributed by atoms with Crippen molar-refractivity contribution in [1.82, 2.24) is 0 Å². The molecule has 0 aliphatic rings. The van der Waals surface area contributed by atoms with Crippen LogP contribution in [0.1, 0.15) is 13.8 Å². The van der Waals surface area contributed by atoms with Crippen LogP contribution in [-0.4, -0.2) is 19.2 Å². The van der Waals surface area contributed by atoms with Crippen molar-refractivity contribution >= 4 is 5.97 Å². The maximum atomic E-state index is 10.7. The molecule has 3 nitrogen and oxygen atoms in total. The van der Waals surface area contributed by atoms with Crippen molar-refractivity contribution in [3.8, 4) is 0 Å². The quantitative estimate of drug-likeness (QED) is 0.207. The van der Waals surface area contributed by atoms with Crippen LogP contribution in [0.4, 0.5) is 0 Å². The Kier molecular flexibility index (Phi) is 7.03. The number of hydrogen-bond donors (Lipinski definition) is 0. The smallest absolute Gasteiger partial charge is 0.333 e. The normalized spacial score (nSPS) is 10.8. The molecule has 0 aliphatic heterocycles. The Hall–Kier alpha value is -1.25. The molecule has 0 heterocycles. The van der Waals surface area contributed by atoms with E-state index in [4.69, 9.17) is 4.74 Å². The number of rotatable bonds is 5. The molecular weight excluding hydrogens is 156 g/mol. The van der Waals surface area contributed by atoms with Gasteiger partial charge in [0.15, 0.2) is 0 Å². The Morgan fingerprint density at radius 2 is 2.25 bits per heavy atom. The SMILES string of the molecule is C/C=C/CO/C=C/C(=O)OCC. The van der Waals surface area contributed by atoms with E-state index in [0.717, 1.165) is 0 Å². The number of allylic oxidation sites excluding steroid dienone is 1. The van der Waals surface area contributed by atoms with E-state index < -0.39 is 0 Å². The van der Waals surface area contributed by atoms with Crippen LogP contribution < -0.4 is 0 Å². The summed E-state index contributed by atoms with van der Waals surface area (Å²) < 4.78 is 9.55. The third-order valence-corrected chi connectivity index (χ3v) is 1.02. The summed E-state index contributed by atoms with van der Waals surface area (Å²) in [5.74, 6) is -0.377. The highest BCUT2D eigenvalue weighted by atomic mass is 16.5. The summed E-state index contributed by atoms with van der Waals surface area (Å²) in [6.45, 7) is 4.52. The lowest BCUT2D eigenvalue weighted by Crippen LogP contribution is -1.99. The van der Waals surface area contributed by atoms with Crippen molar-refractivity contribution < 1.29 is 14.3 Å². The van der Waals surface area contributed by atoms with E-state index in [1.807, 2.05) is 19.1 Å². The predicted molar refractivity (Wildman–Crippen MR) is 46.5 cm³/mol. The van der Waals surface area contributed by atoms with E-state index in [9.17, 15) is 4.79 Å². The topological polar surface area (TPSA) is 35.5 Å². The molecule has 0 unspecified atom stereocenters. The summed E-state index contributed by atoms with van der Waals surface area (Å²) in [7, 11) is 0. The number of carbonyl (C=O) groups excluding carboxylic acids is 1. The third-order valence-electron chi connectivity index (χ3n) is 1.02. The zero-order valence-corrected chi connectivity index (χ0v) is 7.45. The van der Waals surface area contributed by atoms with E-state index in [1.54, 1.807) is 6.92 Å². The van der Waals surface area contributed by atoms with Crippen LogP contribution >= 0.6 is 0 Å². The van der Waals surface area contributed by atoms with E-state index in [-0.39, 0.29) is 5.97 Å². The molecule has 0 radical (unpaired) electrons. The van der Waals surface area contributed by atoms with Crippen LogP contribution in [-0.2, 0) is 14.3 Å². The van der Waals surface area contributed by atoms with Crippen LogP contribution in [0.5, 0.6) is 0 Å². The molecule has 3 heteroatoms. The first kappa shape index (κ1) is 10.8. The molecule has 0 atom stereocenters. The van der Waals surface area contributed by atoms with Crippen molar-refractivity contribution in [2.45, 2.75) is 13.8 Å². The first-order valence-electron chi connectivity index (χ1n) is 3.87. The Morgan fingerprint density at radius 1 is 1.50 bits per heavy atom. The summed E-state index contributed by atoms with van der Waals surface area (Å²) >= 11 is 0. The molecule has 0 fully saturated rings. The molecular formula is C9H14O3. The second-order valence-corrected chi connectivity index (χ2v) is 1.96. The average molecular weight is 170 g/mol. The second-order valence-electron chi connectivity index (χ2n) is 1.96. The molecule has 0 bridgehead atoms. The van der Waals surface area contributed by atoms with Gasteiger partial charge in [0, 0.05) is 0 Å². The Bertz CT molecular complexity index is 171. The monoisotopic (exact) mass is 170 g/mol. The number of carbonyl (C=O) groups is 1. The lowest BCUT2D eigenvalue weighted by atomic mass is 10.5. The number of esters is 1. The molecule has 0 aromatic carbocycles. The standard InChI is InChI=1S/C9H14O3/c1-3-5-7-11-8-6-9(10)12-4-2/h3,5-6,8H,4,7H2,1-2H3/b5-3+,8-6+. The van der Waals surface area contributed by atoms with Gasteiger partial charge in [-0.15, -0.1) is 0 Å². The number of hydrogen-bond acceptors (Lipinski definition) is 3. The highest BCUT2D eigenvalue weighted by molar-refractivity contribution is 5.81. The van der Waals surface area contributed by atoms with E-state index in [2.05, 4.69) is 4.74 Å². The average Bonchev–Trinajstić information content (AvgIpc) is 2.05. The van der Waals surface area contributed by atoms with Gasteiger partial charge in [0.2, 0.25) is 0 Å². The molecule has 0 amide bonds. The van der Waals surface area contributed by atoms with Gasteiger partial charge in [0.1, 0.15) is 6.61 Å². The molecule has 0 aromatic rings. The van der Waals surface area contributed by atoms with Gasteiger partial charge in [-0.3, -0.25) is 0 Å². The van der Waals surface area contributed by atoms with Crippen molar-refractivity contribution in [2.24, 2.45) is 0 Å². The first-order valence-corrected chi connectivity index (χ1v) is 3.87. The van der Waals surface area contributed by atoms with Crippen molar-refractivity contribution in [3.05, 3.63) is 24.5 Å². The second kappa shape index (κ2) is 7.85. The minimum absolute atomic E-state index is 0.377. The van der Waals surface area contributed by atoms with Gasteiger partial charge in [-0.05, 0) is 13.8 Å².